The molecule has 3 heterocycles. The molecule has 2 amide bonds. The van der Waals surface area contributed by atoms with Gasteiger partial charge in [0.1, 0.15) is 11.8 Å². The van der Waals surface area contributed by atoms with Crippen LogP contribution in [0.25, 0.3) is 10.9 Å². The number of fused-ring (bicyclic) bond motifs is 1. The first kappa shape index (κ1) is 18.1. The first-order valence-electron chi connectivity index (χ1n) is 8.90. The molecule has 0 spiro atoms. The summed E-state index contributed by atoms with van der Waals surface area (Å²) in [6, 6.07) is 14.3. The Kier molecular flexibility index (Phi) is 5.25. The minimum absolute atomic E-state index is 0.256. The summed E-state index contributed by atoms with van der Waals surface area (Å²) in [6.07, 6.45) is 3.82. The van der Waals surface area contributed by atoms with Gasteiger partial charge in [-0.2, -0.15) is 0 Å². The van der Waals surface area contributed by atoms with Crippen molar-refractivity contribution in [2.45, 2.75) is 19.0 Å². The van der Waals surface area contributed by atoms with Crippen LogP contribution in [0.3, 0.4) is 0 Å². The standard InChI is InChI=1S/C21H19N3O3S/c25-20(23-13-15-5-3-9-27-15)18(24-21(26)19-8-4-10-28-19)11-14-12-22-17-7-2-1-6-16(14)17/h1-10,12,18,22H,11,13H2,(H,23,25)(H,24,26)/t18-/m1/s1. The summed E-state index contributed by atoms with van der Waals surface area (Å²) in [5.74, 6) is 0.142. The molecule has 1 aromatic carbocycles. The van der Waals surface area contributed by atoms with Gasteiger partial charge in [-0.3, -0.25) is 9.59 Å². The van der Waals surface area contributed by atoms with Gasteiger partial charge in [-0.15, -0.1) is 11.3 Å². The number of carbonyl (C=O) groups excluding carboxylic acids is 2. The zero-order valence-corrected chi connectivity index (χ0v) is 15.8. The first-order chi connectivity index (χ1) is 13.7. The largest absolute Gasteiger partial charge is 0.467 e. The topological polar surface area (TPSA) is 87.1 Å². The molecule has 0 saturated heterocycles. The van der Waals surface area contributed by atoms with Gasteiger partial charge in [-0.25, -0.2) is 0 Å². The maximum atomic E-state index is 12.8. The lowest BCUT2D eigenvalue weighted by Gasteiger charge is -2.18. The summed E-state index contributed by atoms with van der Waals surface area (Å²) in [5, 5.41) is 8.58. The molecular formula is C21H19N3O3S. The van der Waals surface area contributed by atoms with E-state index in [2.05, 4.69) is 15.6 Å². The maximum Gasteiger partial charge on any atom is 0.262 e. The summed E-state index contributed by atoms with van der Waals surface area (Å²) in [4.78, 5) is 29.2. The van der Waals surface area contributed by atoms with Crippen LogP contribution in [-0.4, -0.2) is 22.8 Å². The van der Waals surface area contributed by atoms with Crippen molar-refractivity contribution in [2.24, 2.45) is 0 Å². The van der Waals surface area contributed by atoms with Crippen LogP contribution in [0.4, 0.5) is 0 Å². The molecule has 3 N–H and O–H groups in total. The Balaban J connectivity index is 1.53. The number of thiophene rings is 1. The average molecular weight is 393 g/mol. The number of nitrogens with one attached hydrogen (secondary N) is 3. The van der Waals surface area contributed by atoms with E-state index in [1.54, 1.807) is 24.5 Å². The lowest BCUT2D eigenvalue weighted by molar-refractivity contribution is -0.123. The van der Waals surface area contributed by atoms with E-state index in [4.69, 9.17) is 4.42 Å². The number of benzene rings is 1. The highest BCUT2D eigenvalue weighted by Gasteiger charge is 2.23. The molecule has 6 nitrogen and oxygen atoms in total. The van der Waals surface area contributed by atoms with Crippen molar-refractivity contribution in [3.63, 3.8) is 0 Å². The summed E-state index contributed by atoms with van der Waals surface area (Å²) in [7, 11) is 0. The molecule has 4 aromatic rings. The van der Waals surface area contributed by atoms with Crippen molar-refractivity contribution in [3.05, 3.63) is 82.6 Å². The Labute approximate surface area is 165 Å². The van der Waals surface area contributed by atoms with Crippen LogP contribution in [-0.2, 0) is 17.8 Å². The summed E-state index contributed by atoms with van der Waals surface area (Å²) >= 11 is 1.34. The number of hydrogen-bond donors (Lipinski definition) is 3. The monoisotopic (exact) mass is 393 g/mol. The Bertz CT molecular complexity index is 1070. The highest BCUT2D eigenvalue weighted by molar-refractivity contribution is 7.12. The highest BCUT2D eigenvalue weighted by atomic mass is 32.1. The number of aromatic nitrogens is 1. The van der Waals surface area contributed by atoms with Gasteiger partial charge in [0.05, 0.1) is 17.7 Å². The van der Waals surface area contributed by atoms with Gasteiger partial charge in [0.25, 0.3) is 5.91 Å². The van der Waals surface area contributed by atoms with Crippen molar-refractivity contribution < 1.29 is 14.0 Å². The summed E-state index contributed by atoms with van der Waals surface area (Å²) < 4.78 is 5.26. The van der Waals surface area contributed by atoms with Gasteiger partial charge >= 0.3 is 0 Å². The van der Waals surface area contributed by atoms with Crippen LogP contribution in [0.2, 0.25) is 0 Å². The van der Waals surface area contributed by atoms with E-state index < -0.39 is 6.04 Å². The molecule has 0 bridgehead atoms. The predicted octanol–water partition coefficient (Wildman–Crippen LogP) is 3.48. The number of H-pyrrole nitrogens is 1. The minimum atomic E-state index is -0.705. The van der Waals surface area contributed by atoms with Gasteiger partial charge in [-0.05, 0) is 35.2 Å². The molecule has 0 aliphatic rings. The molecule has 0 radical (unpaired) electrons. The molecule has 0 fully saturated rings. The fourth-order valence-corrected chi connectivity index (χ4v) is 3.70. The Morgan fingerprint density at radius 3 is 2.79 bits per heavy atom. The summed E-state index contributed by atoms with van der Waals surface area (Å²) in [5.41, 5.74) is 1.97. The zero-order chi connectivity index (χ0) is 19.3. The third-order valence-corrected chi connectivity index (χ3v) is 5.35. The lowest BCUT2D eigenvalue weighted by Crippen LogP contribution is -2.47. The van der Waals surface area contributed by atoms with Crippen LogP contribution >= 0.6 is 11.3 Å². The average Bonchev–Trinajstić information content (AvgIpc) is 3.47. The van der Waals surface area contributed by atoms with E-state index in [0.717, 1.165) is 16.5 Å². The van der Waals surface area contributed by atoms with Crippen LogP contribution < -0.4 is 10.6 Å². The van der Waals surface area contributed by atoms with Gasteiger partial charge in [0.15, 0.2) is 0 Å². The van der Waals surface area contributed by atoms with E-state index in [-0.39, 0.29) is 18.4 Å². The van der Waals surface area contributed by atoms with Crippen LogP contribution in [0.5, 0.6) is 0 Å². The van der Waals surface area contributed by atoms with Crippen molar-refractivity contribution in [3.8, 4) is 0 Å². The number of furan rings is 1. The van der Waals surface area contributed by atoms with E-state index in [1.165, 1.54) is 11.3 Å². The third kappa shape index (κ3) is 3.99. The van der Waals surface area contributed by atoms with E-state index in [9.17, 15) is 9.59 Å². The van der Waals surface area contributed by atoms with Crippen LogP contribution in [0.1, 0.15) is 21.0 Å². The second kappa shape index (κ2) is 8.14. The molecule has 0 saturated carbocycles. The summed E-state index contributed by atoms with van der Waals surface area (Å²) in [6.45, 7) is 0.269. The molecule has 142 valence electrons. The molecular weight excluding hydrogens is 374 g/mol. The number of para-hydroxylation sites is 1. The molecule has 28 heavy (non-hydrogen) atoms. The SMILES string of the molecule is O=C(N[C@H](Cc1c[nH]c2ccccc12)C(=O)NCc1ccco1)c1cccs1. The maximum absolute atomic E-state index is 12.8. The van der Waals surface area contributed by atoms with Gasteiger partial charge in [0, 0.05) is 23.5 Å². The Morgan fingerprint density at radius 2 is 2.00 bits per heavy atom. The molecule has 0 aliphatic carbocycles. The number of rotatable bonds is 7. The quantitative estimate of drug-likeness (QED) is 0.449. The van der Waals surface area contributed by atoms with Gasteiger partial charge in [-0.1, -0.05) is 24.3 Å². The minimum Gasteiger partial charge on any atom is -0.467 e. The predicted molar refractivity (Wildman–Crippen MR) is 108 cm³/mol. The van der Waals surface area contributed by atoms with Crippen molar-refractivity contribution in [1.82, 2.24) is 15.6 Å². The molecule has 7 heteroatoms. The normalized spacial score (nSPS) is 12.0. The van der Waals surface area contributed by atoms with Gasteiger partial charge in [0.2, 0.25) is 5.91 Å². The number of aromatic amines is 1. The first-order valence-corrected chi connectivity index (χ1v) is 9.78. The van der Waals surface area contributed by atoms with E-state index in [0.29, 0.717) is 17.1 Å². The fraction of sp³-hybridized carbons (Fsp3) is 0.143. The molecule has 1 atom stereocenters. The zero-order valence-electron chi connectivity index (χ0n) is 15.0. The highest BCUT2D eigenvalue weighted by Crippen LogP contribution is 2.19. The molecule has 0 aliphatic heterocycles. The third-order valence-electron chi connectivity index (χ3n) is 4.48. The van der Waals surface area contributed by atoms with Crippen molar-refractivity contribution in [2.75, 3.05) is 0 Å². The van der Waals surface area contributed by atoms with Crippen molar-refractivity contribution in [1.29, 1.82) is 0 Å². The number of hydrogen-bond acceptors (Lipinski definition) is 4. The molecule has 3 aromatic heterocycles. The second-order valence-electron chi connectivity index (χ2n) is 6.36. The van der Waals surface area contributed by atoms with Crippen LogP contribution in [0.15, 0.2) is 70.8 Å². The Morgan fingerprint density at radius 1 is 1.11 bits per heavy atom. The smallest absolute Gasteiger partial charge is 0.262 e. The van der Waals surface area contributed by atoms with E-state index in [1.807, 2.05) is 41.9 Å². The molecule has 4 rings (SSSR count). The van der Waals surface area contributed by atoms with Crippen molar-refractivity contribution >= 4 is 34.1 Å². The fourth-order valence-electron chi connectivity index (χ4n) is 3.08. The lowest BCUT2D eigenvalue weighted by atomic mass is 10.0. The Hall–Kier alpha value is -3.32. The number of carbonyl (C=O) groups is 2. The number of amides is 2. The second-order valence-corrected chi connectivity index (χ2v) is 7.31. The van der Waals surface area contributed by atoms with Gasteiger partial charge < -0.3 is 20.0 Å². The van der Waals surface area contributed by atoms with Crippen LogP contribution in [0, 0.1) is 0 Å². The molecule has 0 unspecified atom stereocenters. The van der Waals surface area contributed by atoms with E-state index >= 15 is 0 Å².